The third kappa shape index (κ3) is 3.54. The molecular formula is C21H15FN2S. The molecule has 4 heteroatoms. The SMILES string of the molecule is Fc1ccc2nc(-c3ccccc3)nc(SCc3ccccc3)c2c1. The second kappa shape index (κ2) is 7.03. The van der Waals surface area contributed by atoms with Crippen molar-refractivity contribution in [2.75, 3.05) is 0 Å². The van der Waals surface area contributed by atoms with E-state index in [1.165, 1.54) is 17.7 Å². The molecule has 4 aromatic rings. The van der Waals surface area contributed by atoms with E-state index in [2.05, 4.69) is 17.1 Å². The fourth-order valence-electron chi connectivity index (χ4n) is 2.62. The topological polar surface area (TPSA) is 25.8 Å². The van der Waals surface area contributed by atoms with Crippen LogP contribution in [0.2, 0.25) is 0 Å². The van der Waals surface area contributed by atoms with Crippen LogP contribution in [0.4, 0.5) is 4.39 Å². The van der Waals surface area contributed by atoms with Gasteiger partial charge in [-0.05, 0) is 23.8 Å². The monoisotopic (exact) mass is 346 g/mol. The van der Waals surface area contributed by atoms with Gasteiger partial charge in [0.1, 0.15) is 10.8 Å². The lowest BCUT2D eigenvalue weighted by molar-refractivity contribution is 0.629. The predicted molar refractivity (Wildman–Crippen MR) is 101 cm³/mol. The van der Waals surface area contributed by atoms with Crippen molar-refractivity contribution < 1.29 is 4.39 Å². The minimum Gasteiger partial charge on any atom is -0.228 e. The summed E-state index contributed by atoms with van der Waals surface area (Å²) < 4.78 is 13.7. The highest BCUT2D eigenvalue weighted by Gasteiger charge is 2.11. The molecule has 4 rings (SSSR count). The van der Waals surface area contributed by atoms with Crippen LogP contribution in [0, 0.1) is 5.82 Å². The summed E-state index contributed by atoms with van der Waals surface area (Å²) in [7, 11) is 0. The van der Waals surface area contributed by atoms with Crippen LogP contribution in [0.15, 0.2) is 83.9 Å². The van der Waals surface area contributed by atoms with Gasteiger partial charge >= 0.3 is 0 Å². The summed E-state index contributed by atoms with van der Waals surface area (Å²) in [5, 5.41) is 1.55. The Kier molecular flexibility index (Phi) is 4.44. The molecule has 0 aliphatic rings. The summed E-state index contributed by atoms with van der Waals surface area (Å²) in [6, 6.07) is 24.7. The van der Waals surface area contributed by atoms with Gasteiger partial charge in [0.25, 0.3) is 0 Å². The molecule has 0 unspecified atom stereocenters. The van der Waals surface area contributed by atoms with Crippen LogP contribution < -0.4 is 0 Å². The van der Waals surface area contributed by atoms with Crippen molar-refractivity contribution in [2.24, 2.45) is 0 Å². The van der Waals surface area contributed by atoms with Gasteiger partial charge in [0.2, 0.25) is 0 Å². The summed E-state index contributed by atoms with van der Waals surface area (Å²) in [5.41, 5.74) is 2.91. The maximum absolute atomic E-state index is 13.7. The van der Waals surface area contributed by atoms with E-state index in [0.29, 0.717) is 5.82 Å². The maximum Gasteiger partial charge on any atom is 0.161 e. The smallest absolute Gasteiger partial charge is 0.161 e. The lowest BCUT2D eigenvalue weighted by Gasteiger charge is -2.09. The lowest BCUT2D eigenvalue weighted by Crippen LogP contribution is -1.95. The normalized spacial score (nSPS) is 10.9. The molecule has 0 radical (unpaired) electrons. The Labute approximate surface area is 149 Å². The van der Waals surface area contributed by atoms with Crippen LogP contribution in [0.3, 0.4) is 0 Å². The second-order valence-corrected chi connectivity index (χ2v) is 6.62. The van der Waals surface area contributed by atoms with Gasteiger partial charge in [0.05, 0.1) is 5.52 Å². The molecule has 0 aliphatic heterocycles. The van der Waals surface area contributed by atoms with Gasteiger partial charge < -0.3 is 0 Å². The van der Waals surface area contributed by atoms with Crippen LogP contribution in [0.5, 0.6) is 0 Å². The molecule has 0 aliphatic carbocycles. The predicted octanol–water partition coefficient (Wildman–Crippen LogP) is 5.73. The number of aromatic nitrogens is 2. The van der Waals surface area contributed by atoms with Gasteiger partial charge in [-0.2, -0.15) is 0 Å². The fraction of sp³-hybridized carbons (Fsp3) is 0.0476. The standard InChI is InChI=1S/C21H15FN2S/c22-17-11-12-19-18(13-17)21(25-14-15-7-3-1-4-8-15)24-20(23-19)16-9-5-2-6-10-16/h1-13H,14H2. The highest BCUT2D eigenvalue weighted by molar-refractivity contribution is 7.98. The van der Waals surface area contributed by atoms with Gasteiger partial charge in [0.15, 0.2) is 5.82 Å². The average molecular weight is 346 g/mol. The summed E-state index contributed by atoms with van der Waals surface area (Å²) in [5.74, 6) is 1.16. The summed E-state index contributed by atoms with van der Waals surface area (Å²) >= 11 is 1.60. The van der Waals surface area contributed by atoms with Crippen LogP contribution in [-0.4, -0.2) is 9.97 Å². The van der Waals surface area contributed by atoms with E-state index in [1.807, 2.05) is 48.5 Å². The Morgan fingerprint density at radius 3 is 2.28 bits per heavy atom. The van der Waals surface area contributed by atoms with Gasteiger partial charge in [-0.1, -0.05) is 60.7 Å². The number of rotatable bonds is 4. The van der Waals surface area contributed by atoms with Crippen LogP contribution >= 0.6 is 11.8 Å². The minimum atomic E-state index is -0.273. The highest BCUT2D eigenvalue weighted by atomic mass is 32.2. The van der Waals surface area contributed by atoms with E-state index in [1.54, 1.807) is 17.8 Å². The number of benzene rings is 3. The molecule has 0 N–H and O–H groups in total. The number of thioether (sulfide) groups is 1. The first-order valence-electron chi connectivity index (χ1n) is 7.99. The lowest BCUT2D eigenvalue weighted by atomic mass is 10.2. The molecular weight excluding hydrogens is 331 g/mol. The molecule has 25 heavy (non-hydrogen) atoms. The van der Waals surface area contributed by atoms with Gasteiger partial charge in [-0.15, -0.1) is 11.8 Å². The third-order valence-electron chi connectivity index (χ3n) is 3.87. The molecule has 0 spiro atoms. The zero-order chi connectivity index (χ0) is 17.1. The molecule has 0 saturated carbocycles. The number of halogens is 1. The van der Waals surface area contributed by atoms with E-state index in [9.17, 15) is 4.39 Å². The van der Waals surface area contributed by atoms with E-state index in [-0.39, 0.29) is 5.82 Å². The van der Waals surface area contributed by atoms with Gasteiger partial charge in [-0.3, -0.25) is 0 Å². The zero-order valence-corrected chi connectivity index (χ0v) is 14.2. The van der Waals surface area contributed by atoms with E-state index < -0.39 is 0 Å². The van der Waals surface area contributed by atoms with Gasteiger partial charge in [-0.25, -0.2) is 14.4 Å². The fourth-order valence-corrected chi connectivity index (χ4v) is 3.59. The number of fused-ring (bicyclic) bond motifs is 1. The first kappa shape index (κ1) is 15.8. The van der Waals surface area contributed by atoms with Crippen molar-refractivity contribution in [1.82, 2.24) is 9.97 Å². The Morgan fingerprint density at radius 1 is 0.800 bits per heavy atom. The first-order valence-corrected chi connectivity index (χ1v) is 8.97. The van der Waals surface area contributed by atoms with E-state index in [0.717, 1.165) is 27.2 Å². The number of hydrogen-bond donors (Lipinski definition) is 0. The van der Waals surface area contributed by atoms with Crippen molar-refractivity contribution in [3.63, 3.8) is 0 Å². The Bertz CT molecular complexity index is 1000. The minimum absolute atomic E-state index is 0.273. The van der Waals surface area contributed by atoms with Crippen molar-refractivity contribution in [3.05, 3.63) is 90.2 Å². The Balaban J connectivity index is 1.78. The molecule has 0 saturated heterocycles. The molecule has 1 heterocycles. The first-order chi connectivity index (χ1) is 12.3. The van der Waals surface area contributed by atoms with E-state index in [4.69, 9.17) is 4.98 Å². The second-order valence-electron chi connectivity index (χ2n) is 5.65. The van der Waals surface area contributed by atoms with Crippen molar-refractivity contribution in [2.45, 2.75) is 10.8 Å². The van der Waals surface area contributed by atoms with Crippen molar-refractivity contribution in [3.8, 4) is 11.4 Å². The molecule has 0 bridgehead atoms. The quantitative estimate of drug-likeness (QED) is 0.349. The van der Waals surface area contributed by atoms with Gasteiger partial charge in [0, 0.05) is 16.7 Å². The molecule has 0 amide bonds. The maximum atomic E-state index is 13.7. The molecule has 2 nitrogen and oxygen atoms in total. The summed E-state index contributed by atoms with van der Waals surface area (Å²) in [4.78, 5) is 9.32. The average Bonchev–Trinajstić information content (AvgIpc) is 2.67. The summed E-state index contributed by atoms with van der Waals surface area (Å²) in [6.07, 6.45) is 0. The Morgan fingerprint density at radius 2 is 1.52 bits per heavy atom. The van der Waals surface area contributed by atoms with Crippen LogP contribution in [0.25, 0.3) is 22.3 Å². The van der Waals surface area contributed by atoms with Crippen molar-refractivity contribution in [1.29, 1.82) is 0 Å². The molecule has 1 aromatic heterocycles. The summed E-state index contributed by atoms with van der Waals surface area (Å²) in [6.45, 7) is 0. The largest absolute Gasteiger partial charge is 0.228 e. The zero-order valence-electron chi connectivity index (χ0n) is 13.4. The van der Waals surface area contributed by atoms with Crippen LogP contribution in [0.1, 0.15) is 5.56 Å². The molecule has 0 atom stereocenters. The highest BCUT2D eigenvalue weighted by Crippen LogP contribution is 2.30. The third-order valence-corrected chi connectivity index (χ3v) is 4.94. The van der Waals surface area contributed by atoms with Crippen LogP contribution in [-0.2, 0) is 5.75 Å². The Hall–Kier alpha value is -2.72. The molecule has 0 fully saturated rings. The number of hydrogen-bond acceptors (Lipinski definition) is 3. The van der Waals surface area contributed by atoms with E-state index >= 15 is 0 Å². The molecule has 3 aromatic carbocycles. The van der Waals surface area contributed by atoms with Crippen molar-refractivity contribution >= 4 is 22.7 Å². The number of nitrogens with zero attached hydrogens (tertiary/aromatic N) is 2. The molecule has 122 valence electrons.